The molecule has 1 aliphatic rings. The van der Waals surface area contributed by atoms with Gasteiger partial charge in [0.2, 0.25) is 15.9 Å². The van der Waals surface area contributed by atoms with Crippen molar-refractivity contribution < 1.29 is 17.9 Å². The van der Waals surface area contributed by atoms with Crippen molar-refractivity contribution in [3.05, 3.63) is 53.5 Å². The highest BCUT2D eigenvalue weighted by Crippen LogP contribution is 2.33. The highest BCUT2D eigenvalue weighted by molar-refractivity contribution is 7.89. The van der Waals surface area contributed by atoms with E-state index in [4.69, 9.17) is 9.72 Å². The number of amides is 1. The van der Waals surface area contributed by atoms with Crippen LogP contribution in [-0.2, 0) is 14.8 Å². The molecular formula is C22H25N3O4S2. The lowest BCUT2D eigenvalue weighted by atomic mass is 9.97. The Balaban J connectivity index is 1.36. The number of piperidine rings is 1. The summed E-state index contributed by atoms with van der Waals surface area (Å²) in [5.41, 5.74) is 1.02. The number of rotatable bonds is 6. The number of nitrogens with one attached hydrogen (secondary N) is 1. The van der Waals surface area contributed by atoms with Gasteiger partial charge in [-0.2, -0.15) is 4.72 Å². The minimum atomic E-state index is -3.80. The highest BCUT2D eigenvalue weighted by atomic mass is 32.2. The zero-order valence-electron chi connectivity index (χ0n) is 17.4. The number of ether oxygens (including phenoxy) is 1. The number of para-hydroxylation sites is 1. The van der Waals surface area contributed by atoms with Crippen molar-refractivity contribution >= 4 is 37.5 Å². The standard InChI is InChI=1S/C22H25N3O4S2/c1-15(24-31(27,28)18-9-7-17(29-2)8-10-18)22(26)25-13-11-16(12-14-25)21-23-19-5-3-4-6-20(19)30-21/h3-10,15-16,24H,11-14H2,1-2H3/t15-/m0/s1. The second kappa shape index (κ2) is 8.94. The van der Waals surface area contributed by atoms with Gasteiger partial charge in [0.15, 0.2) is 0 Å². The summed E-state index contributed by atoms with van der Waals surface area (Å²) < 4.78 is 34.0. The van der Waals surface area contributed by atoms with E-state index in [9.17, 15) is 13.2 Å². The van der Waals surface area contributed by atoms with Crippen molar-refractivity contribution in [1.82, 2.24) is 14.6 Å². The summed E-state index contributed by atoms with van der Waals surface area (Å²) in [6.07, 6.45) is 1.65. The van der Waals surface area contributed by atoms with Gasteiger partial charge in [0.05, 0.1) is 33.3 Å². The number of hydrogen-bond acceptors (Lipinski definition) is 6. The van der Waals surface area contributed by atoms with Gasteiger partial charge < -0.3 is 9.64 Å². The summed E-state index contributed by atoms with van der Waals surface area (Å²) in [6.45, 7) is 2.77. The topological polar surface area (TPSA) is 88.6 Å². The van der Waals surface area contributed by atoms with Crippen molar-refractivity contribution in [3.8, 4) is 5.75 Å². The second-order valence-electron chi connectivity index (χ2n) is 7.64. The van der Waals surface area contributed by atoms with Crippen LogP contribution in [0.15, 0.2) is 53.4 Å². The Labute approximate surface area is 186 Å². The number of methoxy groups -OCH3 is 1. The van der Waals surface area contributed by atoms with Gasteiger partial charge in [0.25, 0.3) is 0 Å². The first-order valence-corrected chi connectivity index (χ1v) is 12.5. The zero-order chi connectivity index (χ0) is 22.0. The van der Waals surface area contributed by atoms with Crippen molar-refractivity contribution in [2.75, 3.05) is 20.2 Å². The predicted molar refractivity (Wildman–Crippen MR) is 121 cm³/mol. The third-order valence-electron chi connectivity index (χ3n) is 5.54. The molecule has 1 amide bonds. The number of aromatic nitrogens is 1. The summed E-state index contributed by atoms with van der Waals surface area (Å²) in [5, 5.41) is 1.11. The van der Waals surface area contributed by atoms with Crippen molar-refractivity contribution in [2.45, 2.75) is 36.6 Å². The number of carbonyl (C=O) groups excluding carboxylic acids is 1. The number of sulfonamides is 1. The van der Waals surface area contributed by atoms with Gasteiger partial charge >= 0.3 is 0 Å². The van der Waals surface area contributed by atoms with Crippen LogP contribution in [0.4, 0.5) is 0 Å². The first-order valence-electron chi connectivity index (χ1n) is 10.2. The van der Waals surface area contributed by atoms with E-state index in [-0.39, 0.29) is 10.8 Å². The molecule has 0 spiro atoms. The Morgan fingerprint density at radius 2 is 1.84 bits per heavy atom. The molecule has 0 saturated carbocycles. The number of likely N-dealkylation sites (tertiary alicyclic amines) is 1. The van der Waals surface area contributed by atoms with Gasteiger partial charge in [-0.25, -0.2) is 13.4 Å². The summed E-state index contributed by atoms with van der Waals surface area (Å²) in [7, 11) is -2.28. The van der Waals surface area contributed by atoms with Crippen LogP contribution in [0.3, 0.4) is 0 Å². The molecule has 2 heterocycles. The third kappa shape index (κ3) is 4.73. The summed E-state index contributed by atoms with van der Waals surface area (Å²) in [5.74, 6) is 0.687. The number of hydrogen-bond donors (Lipinski definition) is 1. The van der Waals surface area contributed by atoms with E-state index in [0.29, 0.717) is 24.8 Å². The number of benzene rings is 2. The molecule has 164 valence electrons. The molecule has 4 rings (SSSR count). The maximum absolute atomic E-state index is 12.9. The molecular weight excluding hydrogens is 434 g/mol. The monoisotopic (exact) mass is 459 g/mol. The largest absolute Gasteiger partial charge is 0.497 e. The minimum absolute atomic E-state index is 0.0995. The fourth-order valence-corrected chi connectivity index (χ4v) is 6.12. The maximum Gasteiger partial charge on any atom is 0.241 e. The minimum Gasteiger partial charge on any atom is -0.497 e. The number of fused-ring (bicyclic) bond motifs is 1. The van der Waals surface area contributed by atoms with Crippen LogP contribution in [0.5, 0.6) is 5.75 Å². The normalized spacial score (nSPS) is 16.4. The lowest BCUT2D eigenvalue weighted by Crippen LogP contribution is -2.49. The molecule has 9 heteroatoms. The molecule has 0 aliphatic carbocycles. The van der Waals surface area contributed by atoms with Gasteiger partial charge in [0.1, 0.15) is 5.75 Å². The van der Waals surface area contributed by atoms with Gasteiger partial charge in [-0.1, -0.05) is 12.1 Å². The van der Waals surface area contributed by atoms with Gasteiger partial charge in [-0.15, -0.1) is 11.3 Å². The molecule has 0 unspecified atom stereocenters. The van der Waals surface area contributed by atoms with Crippen molar-refractivity contribution in [3.63, 3.8) is 0 Å². The summed E-state index contributed by atoms with van der Waals surface area (Å²) in [6, 6.07) is 13.3. The van der Waals surface area contributed by atoms with Crippen LogP contribution in [0.2, 0.25) is 0 Å². The number of carbonyl (C=O) groups is 1. The number of nitrogens with zero attached hydrogens (tertiary/aromatic N) is 2. The van der Waals surface area contributed by atoms with E-state index in [1.165, 1.54) is 23.9 Å². The average molecular weight is 460 g/mol. The Morgan fingerprint density at radius 3 is 2.48 bits per heavy atom. The fraction of sp³-hybridized carbons (Fsp3) is 0.364. The van der Waals surface area contributed by atoms with E-state index in [0.717, 1.165) is 23.4 Å². The molecule has 2 aromatic carbocycles. The van der Waals surface area contributed by atoms with Crippen molar-refractivity contribution in [1.29, 1.82) is 0 Å². The molecule has 31 heavy (non-hydrogen) atoms. The van der Waals surface area contributed by atoms with Gasteiger partial charge in [0, 0.05) is 19.0 Å². The molecule has 1 N–H and O–H groups in total. The Morgan fingerprint density at radius 1 is 1.16 bits per heavy atom. The summed E-state index contributed by atoms with van der Waals surface area (Å²) >= 11 is 1.71. The smallest absolute Gasteiger partial charge is 0.241 e. The highest BCUT2D eigenvalue weighted by Gasteiger charge is 2.30. The fourth-order valence-electron chi connectivity index (χ4n) is 3.79. The van der Waals surface area contributed by atoms with E-state index >= 15 is 0 Å². The molecule has 7 nitrogen and oxygen atoms in total. The maximum atomic E-state index is 12.9. The zero-order valence-corrected chi connectivity index (χ0v) is 19.1. The van der Waals surface area contributed by atoms with Crippen molar-refractivity contribution in [2.24, 2.45) is 0 Å². The van der Waals surface area contributed by atoms with Crippen LogP contribution in [0.25, 0.3) is 10.2 Å². The van der Waals surface area contributed by atoms with E-state index in [2.05, 4.69) is 10.8 Å². The molecule has 3 aromatic rings. The van der Waals surface area contributed by atoms with Crippen LogP contribution in [0, 0.1) is 0 Å². The number of thiazole rings is 1. The Hall–Kier alpha value is -2.49. The van der Waals surface area contributed by atoms with Crippen LogP contribution >= 0.6 is 11.3 Å². The quantitative estimate of drug-likeness (QED) is 0.611. The van der Waals surface area contributed by atoms with Crippen LogP contribution in [-0.4, -0.2) is 50.5 Å². The van der Waals surface area contributed by atoms with Gasteiger partial charge in [-0.05, 0) is 56.2 Å². The Bertz CT molecular complexity index is 1130. The van der Waals surface area contributed by atoms with Crippen LogP contribution in [0.1, 0.15) is 30.7 Å². The molecule has 1 saturated heterocycles. The average Bonchev–Trinajstić information content (AvgIpc) is 3.23. The predicted octanol–water partition coefficient (Wildman–Crippen LogP) is 3.38. The SMILES string of the molecule is COc1ccc(S(=O)(=O)N[C@@H](C)C(=O)N2CCC(c3nc4ccccc4s3)CC2)cc1. The molecule has 0 radical (unpaired) electrons. The summed E-state index contributed by atoms with van der Waals surface area (Å²) in [4.78, 5) is 19.4. The lowest BCUT2D eigenvalue weighted by molar-refractivity contribution is -0.133. The van der Waals surface area contributed by atoms with E-state index < -0.39 is 16.1 Å². The van der Waals surface area contributed by atoms with Crippen LogP contribution < -0.4 is 9.46 Å². The van der Waals surface area contributed by atoms with E-state index in [1.54, 1.807) is 35.3 Å². The molecule has 1 aliphatic heterocycles. The molecule has 1 aromatic heterocycles. The molecule has 1 atom stereocenters. The Kier molecular flexibility index (Phi) is 6.27. The molecule has 1 fully saturated rings. The van der Waals surface area contributed by atoms with Gasteiger partial charge in [-0.3, -0.25) is 4.79 Å². The first kappa shape index (κ1) is 21.7. The third-order valence-corrected chi connectivity index (χ3v) is 8.29. The first-order chi connectivity index (χ1) is 14.9. The lowest BCUT2D eigenvalue weighted by Gasteiger charge is -2.33. The molecule has 0 bridgehead atoms. The second-order valence-corrected chi connectivity index (χ2v) is 10.4. The van der Waals surface area contributed by atoms with E-state index in [1.807, 2.05) is 18.2 Å².